The number of β-amino-alcohol motifs (C(OH)–C–C–N with tert-alkyl or cyclic N) is 1. The van der Waals surface area contributed by atoms with E-state index in [9.17, 15) is 24.3 Å². The van der Waals surface area contributed by atoms with E-state index in [0.29, 0.717) is 57.9 Å². The van der Waals surface area contributed by atoms with Crippen molar-refractivity contribution >= 4 is 86.8 Å². The van der Waals surface area contributed by atoms with E-state index in [0.717, 1.165) is 163 Å². The summed E-state index contributed by atoms with van der Waals surface area (Å²) in [5, 5.41) is 36.7. The van der Waals surface area contributed by atoms with Crippen molar-refractivity contribution in [1.82, 2.24) is 14.7 Å². The number of fused-ring (bicyclic) bond motifs is 3. The molecular formula is C104H145BrCl2MgN6O15. The van der Waals surface area contributed by atoms with E-state index >= 15 is 0 Å². The molecule has 0 saturated carbocycles. The number of nitrogens with zero attached hydrogens (tertiary/aromatic N) is 3. The number of ketones is 1. The molecular weight excluding hydrogens is 1750 g/mol. The molecule has 21 nitrogen and oxygen atoms in total. The predicted molar refractivity (Wildman–Crippen MR) is 527 cm³/mol. The van der Waals surface area contributed by atoms with Crippen molar-refractivity contribution in [3.8, 4) is 34.5 Å². The van der Waals surface area contributed by atoms with E-state index in [-0.39, 0.29) is 98.5 Å². The second-order valence-corrected chi connectivity index (χ2v) is 33.4. The van der Waals surface area contributed by atoms with E-state index < -0.39 is 28.6 Å². The predicted octanol–water partition coefficient (Wildman–Crippen LogP) is 16.7. The molecule has 2 atom stereocenters. The first-order chi connectivity index (χ1) is 59.0. The van der Waals surface area contributed by atoms with Gasteiger partial charge in [0.1, 0.15) is 47.4 Å². The number of carbonyl (C=O) groups excluding carboxylic acids is 4. The van der Waals surface area contributed by atoms with Crippen LogP contribution in [-0.2, 0) is 55.9 Å². The van der Waals surface area contributed by atoms with Crippen molar-refractivity contribution in [3.05, 3.63) is 268 Å². The summed E-state index contributed by atoms with van der Waals surface area (Å²) < 4.78 is 43.1. The number of methoxy groups -OCH3 is 3. The monoisotopic (exact) mass is 1890 g/mol. The van der Waals surface area contributed by atoms with Crippen molar-refractivity contribution in [2.45, 2.75) is 152 Å². The summed E-state index contributed by atoms with van der Waals surface area (Å²) in [6.07, 6.45) is 3.66. The average molecular weight is 1890 g/mol. The van der Waals surface area contributed by atoms with E-state index in [1.807, 2.05) is 97.1 Å². The molecule has 15 rings (SSSR count). The molecule has 129 heavy (non-hydrogen) atoms. The molecule has 6 heterocycles. The molecule has 25 heteroatoms. The number of hydrogen-bond donors (Lipinski definition) is 6. The molecule has 0 aliphatic carbocycles. The van der Waals surface area contributed by atoms with Crippen molar-refractivity contribution in [1.29, 1.82) is 0 Å². The maximum Gasteiger partial charge on any atom is 2.00 e. The summed E-state index contributed by atoms with van der Waals surface area (Å²) >= 11 is 10.1. The van der Waals surface area contributed by atoms with Crippen LogP contribution in [0.2, 0.25) is 0 Å². The number of rotatable bonds is 20. The Kier molecular flexibility index (Phi) is 55.4. The van der Waals surface area contributed by atoms with Crippen molar-refractivity contribution in [3.63, 3.8) is 0 Å². The van der Waals surface area contributed by atoms with Gasteiger partial charge in [-0.1, -0.05) is 209 Å². The van der Waals surface area contributed by atoms with Crippen molar-refractivity contribution < 1.29 is 89.4 Å². The number of ether oxygens (including phenoxy) is 8. The molecule has 6 aliphatic heterocycles. The molecule has 3 fully saturated rings. The number of Topliss-reactive ketones (excluding diaryl/α,β-unsaturated/α-hetero) is 1. The number of nitrogens with one attached hydrogen (secondary N) is 3. The Hall–Kier alpha value is -8.63. The Morgan fingerprint density at radius 2 is 0.915 bits per heavy atom. The standard InChI is InChI=1S/C32H40N2O3.C16H25NO2.C15H13NO3.C10H14O.C8H5NO2.C7H7O.C6H13NO2.C4H8O.C2H4Cl2.4CH4.BrH.Mg/c1-7-19-34(8-2)20-21-37-29-18-15-24(31(3,4)5)22-27(29)32(23-13-16-25(36-6)17-14-23)26-11-9-10-12-28(26)33-30(32)35;1-16(2,3)14-4-6-15(7-5-14)19-13-10-17-8-11-18-12-9-17;1-19-11-8-6-10(7-9-11)15(18)12-4-2-3-5-13(12)16-14(15)17;1-10(2,3)8-4-6-9(11)7-5-8;10-7-5-3-1-2-4-6(5)9-8(7)11;1-8-7-5-3-2-4-6-7;8-4-1-7-2-5-9-6-3-7;1-2-4-5-3-1;3-1-2-4;;;;;;/h9-18,22H,7-8,19-21H2,1-6H3,(H,33,35);4-7H,8-13H2,1-3H3;2-9,18H,1H3,(H,16,17);4-7,11H,1-3H3;1-4H,(H,9,10,11);3-6H,1H3;8H,1-6H2;1-4H2;1-2H2;4*1H4;1H;/q;;;;;-1;;;;;;;;;+2/p-1. The molecule has 6 N–H and O–H groups in total. The van der Waals surface area contributed by atoms with Gasteiger partial charge >= 0.3 is 23.1 Å². The van der Waals surface area contributed by atoms with Gasteiger partial charge in [0.2, 0.25) is 5.91 Å². The molecule has 704 valence electrons. The van der Waals surface area contributed by atoms with Gasteiger partial charge in [-0.25, -0.2) is 0 Å². The minimum absolute atomic E-state index is 0. The number of benzene rings is 9. The number of likely N-dealkylation sites (N-methyl/N-ethyl adjacent to an activating group) is 1. The fourth-order valence-electron chi connectivity index (χ4n) is 13.8. The largest absolute Gasteiger partial charge is 2.00 e. The number of phenols is 1. The smallest absolute Gasteiger partial charge is 1.00 e. The fourth-order valence-corrected chi connectivity index (χ4v) is 13.8. The Balaban J connectivity index is 0.000000779. The SMILES string of the molecule is C.C.C.C.C1CCOC1.CC(C)(C)c1ccc(O)cc1.CC(C)(C)c1ccc(OCCN2CCOCC2)cc1.CCCN(CC)CCOc1ccc(C(C)(C)C)cc1C1(c2ccc(OC)cc2)C(=O)Nc2ccccc21.COc1cc[c-]cc1.COc1ccc(C2(O)C(=O)Nc3ccccc32)cc1.ClCCCl.O=C1Nc2ccccc2C1=O.OCCN1CCOCC1.[Br-].[Mg+2]. The summed E-state index contributed by atoms with van der Waals surface area (Å²) in [6, 6.07) is 69.0. The number of aliphatic hydroxyl groups excluding tert-OH is 1. The topological polar surface area (TPSA) is 249 Å². The van der Waals surface area contributed by atoms with Crippen LogP contribution < -0.4 is 56.6 Å². The number of aromatic hydroxyl groups is 1. The van der Waals surface area contributed by atoms with Crippen molar-refractivity contribution in [2.75, 3.05) is 167 Å². The molecule has 9 aromatic rings. The summed E-state index contributed by atoms with van der Waals surface area (Å²) in [5.41, 5.74) is 7.67. The van der Waals surface area contributed by atoms with Gasteiger partial charge in [-0.3, -0.25) is 29.0 Å². The van der Waals surface area contributed by atoms with Crippen LogP contribution in [0.5, 0.6) is 34.5 Å². The Morgan fingerprint density at radius 3 is 1.37 bits per heavy atom. The zero-order valence-corrected chi connectivity index (χ0v) is 79.9. The maximum absolute atomic E-state index is 14.1. The molecule has 2 unspecified atom stereocenters. The third-order valence-corrected chi connectivity index (χ3v) is 21.5. The molecule has 3 saturated heterocycles. The summed E-state index contributed by atoms with van der Waals surface area (Å²) in [4.78, 5) is 55.0. The van der Waals surface area contributed by atoms with E-state index in [4.69, 9.17) is 71.3 Å². The zero-order chi connectivity index (χ0) is 89.4. The Morgan fingerprint density at radius 1 is 0.481 bits per heavy atom. The molecule has 0 radical (unpaired) electrons. The third-order valence-electron chi connectivity index (χ3n) is 20.9. The zero-order valence-electron chi connectivity index (χ0n) is 75.4. The quantitative estimate of drug-likeness (QED) is 0.0180. The molecule has 9 aromatic carbocycles. The molecule has 0 spiro atoms. The number of amides is 3. The van der Waals surface area contributed by atoms with Gasteiger partial charge in [-0.2, -0.15) is 18.2 Å². The summed E-state index contributed by atoms with van der Waals surface area (Å²) in [7, 11) is 4.87. The fraction of sp³-hybridized carbons (Fsp3) is 0.442. The number of carbonyl (C=O) groups is 4. The van der Waals surface area contributed by atoms with Crippen LogP contribution in [0.3, 0.4) is 0 Å². The summed E-state index contributed by atoms with van der Waals surface area (Å²) in [6.45, 7) is 39.6. The number of phenolic OH excluding ortho intramolecular Hbond substituents is 1. The third kappa shape index (κ3) is 36.1. The van der Waals surface area contributed by atoms with Gasteiger partial charge in [0.25, 0.3) is 17.6 Å². The number of aliphatic hydroxyl groups is 2. The minimum atomic E-state index is -1.64. The van der Waals surface area contributed by atoms with Crippen LogP contribution in [0.15, 0.2) is 212 Å². The van der Waals surface area contributed by atoms with Crippen LogP contribution in [-0.4, -0.2) is 228 Å². The van der Waals surface area contributed by atoms with Crippen molar-refractivity contribution in [2.24, 2.45) is 0 Å². The Labute approximate surface area is 807 Å². The maximum atomic E-state index is 14.1. The van der Waals surface area contributed by atoms with Gasteiger partial charge in [0.05, 0.1) is 65.6 Å². The number of alkyl halides is 2. The molecule has 6 aliphatic rings. The van der Waals surface area contributed by atoms with E-state index in [1.54, 1.807) is 100 Å². The normalized spacial score (nSPS) is 16.0. The van der Waals surface area contributed by atoms with Gasteiger partial charge in [0, 0.05) is 105 Å². The minimum Gasteiger partial charge on any atom is -1.00 e. The first-order valence-electron chi connectivity index (χ1n) is 42.3. The van der Waals surface area contributed by atoms with Crippen LogP contribution in [0.25, 0.3) is 0 Å². The second kappa shape index (κ2) is 60.4. The number of anilines is 3. The summed E-state index contributed by atoms with van der Waals surface area (Å²) in [5.74, 6) is 3.97. The van der Waals surface area contributed by atoms with Gasteiger partial charge in [-0.15, -0.1) is 35.3 Å². The number of halogens is 3. The Bertz CT molecular complexity index is 4630. The molecule has 0 aromatic heterocycles. The van der Waals surface area contributed by atoms with E-state index in [2.05, 4.69) is 149 Å². The van der Waals surface area contributed by atoms with Crippen LogP contribution in [0.4, 0.5) is 17.1 Å². The molecule has 0 bridgehead atoms. The first-order valence-corrected chi connectivity index (χ1v) is 43.3. The number of morpholine rings is 2. The second-order valence-electron chi connectivity index (χ2n) is 32.7. The first kappa shape index (κ1) is 118. The molecule has 3 amide bonds. The average Bonchev–Trinajstić information content (AvgIpc) is 1.68. The van der Waals surface area contributed by atoms with E-state index in [1.165, 1.54) is 24.0 Å². The van der Waals surface area contributed by atoms with Gasteiger partial charge in [-0.05, 0) is 161 Å². The van der Waals surface area contributed by atoms with Gasteiger partial charge in [0.15, 0.2) is 5.60 Å². The van der Waals surface area contributed by atoms with Crippen LogP contribution in [0, 0.1) is 6.07 Å². The number of para-hydroxylation sites is 3. The van der Waals surface area contributed by atoms with Gasteiger partial charge < -0.3 is 91.0 Å². The van der Waals surface area contributed by atoms with Crippen LogP contribution in [0.1, 0.15) is 180 Å². The van der Waals surface area contributed by atoms with Crippen LogP contribution >= 0.6 is 23.2 Å². The number of hydrogen-bond acceptors (Lipinski definition) is 18.